The average Bonchev–Trinajstić information content (AvgIpc) is 3.60. The van der Waals surface area contributed by atoms with Crippen LogP contribution in [0.2, 0.25) is 5.02 Å². The second-order valence-electron chi connectivity index (χ2n) is 10.7. The highest BCUT2D eigenvalue weighted by atomic mass is 35.5. The van der Waals surface area contributed by atoms with Gasteiger partial charge in [-0.2, -0.15) is 0 Å². The van der Waals surface area contributed by atoms with Gasteiger partial charge in [0.05, 0.1) is 15.0 Å². The monoisotopic (exact) mass is 543 g/mol. The molecule has 2 bridgehead atoms. The van der Waals surface area contributed by atoms with Crippen LogP contribution < -0.4 is 9.80 Å². The molecule has 0 saturated heterocycles. The molecule has 1 unspecified atom stereocenters. The Morgan fingerprint density at radius 2 is 1.77 bits per heavy atom. The molecule has 0 spiro atoms. The number of carbonyl (C=O) groups excluding carboxylic acids is 2. The van der Waals surface area contributed by atoms with Crippen LogP contribution in [0.1, 0.15) is 38.2 Å². The van der Waals surface area contributed by atoms with Crippen molar-refractivity contribution in [1.82, 2.24) is 0 Å². The molecule has 202 valence electrons. The van der Waals surface area contributed by atoms with Crippen molar-refractivity contribution in [2.75, 3.05) is 31.0 Å². The first-order valence-corrected chi connectivity index (χ1v) is 13.8. The molecule has 0 radical (unpaired) electrons. The second kappa shape index (κ2) is 11.7. The van der Waals surface area contributed by atoms with Crippen LogP contribution in [0.4, 0.5) is 11.4 Å². The molecule has 1 amide bonds. The molecule has 0 aromatic heterocycles. The molecule has 39 heavy (non-hydrogen) atoms. The largest absolute Gasteiger partial charge is 0.466 e. The van der Waals surface area contributed by atoms with E-state index in [1.54, 1.807) is 11.0 Å². The quantitative estimate of drug-likeness (QED) is 0.222. The van der Waals surface area contributed by atoms with Gasteiger partial charge in [0, 0.05) is 42.5 Å². The number of fused-ring (bicyclic) bond motifs is 2. The summed E-state index contributed by atoms with van der Waals surface area (Å²) in [5, 5.41) is 0.446. The van der Waals surface area contributed by atoms with Gasteiger partial charge < -0.3 is 14.5 Å². The van der Waals surface area contributed by atoms with Crippen molar-refractivity contribution in [3.63, 3.8) is 0 Å². The molecule has 0 heterocycles. The van der Waals surface area contributed by atoms with E-state index in [4.69, 9.17) is 16.3 Å². The Morgan fingerprint density at radius 3 is 2.41 bits per heavy atom. The highest BCUT2D eigenvalue weighted by Crippen LogP contribution is 2.49. The number of nitrogens with zero attached hydrogens (tertiary/aromatic N) is 2. The first-order chi connectivity index (χ1) is 19.2. The molecule has 4 atom stereocenters. The van der Waals surface area contributed by atoms with Crippen LogP contribution in [-0.4, -0.2) is 33.1 Å². The van der Waals surface area contributed by atoms with E-state index in [1.165, 1.54) is 19.6 Å². The number of benzene rings is 3. The van der Waals surface area contributed by atoms with Gasteiger partial charge in [-0.15, -0.1) is 0 Å². The van der Waals surface area contributed by atoms with Crippen molar-refractivity contribution in [3.8, 4) is 11.1 Å². The van der Waals surface area contributed by atoms with Crippen LogP contribution in [0.25, 0.3) is 17.2 Å². The molecule has 6 heteroatoms. The van der Waals surface area contributed by atoms with Gasteiger partial charge in [0.2, 0.25) is 5.91 Å². The van der Waals surface area contributed by atoms with Crippen molar-refractivity contribution in [3.05, 3.63) is 89.0 Å². The zero-order chi connectivity index (χ0) is 28.4. The summed E-state index contributed by atoms with van der Waals surface area (Å²) in [4.78, 5) is 29.4. The molecular formula is C33H35ClN2O3. The normalized spacial score (nSPS) is 21.0. The third kappa shape index (κ3) is 6.04. The number of esters is 1. The maximum atomic E-state index is 14.1. The first kappa shape index (κ1) is 25.7. The van der Waals surface area contributed by atoms with Crippen LogP contribution in [0, 0.1) is 17.8 Å². The van der Waals surface area contributed by atoms with E-state index in [9.17, 15) is 11.0 Å². The number of rotatable bonds is 8. The molecule has 5 nitrogen and oxygen atoms in total. The van der Waals surface area contributed by atoms with Crippen molar-refractivity contribution < 1.29 is 15.7 Å². The van der Waals surface area contributed by atoms with E-state index < -0.39 is 12.5 Å². The molecular weight excluding hydrogens is 508 g/mol. The summed E-state index contributed by atoms with van der Waals surface area (Å²) in [5.41, 5.74) is 5.01. The lowest BCUT2D eigenvalue weighted by molar-refractivity contribution is -0.134. The molecule has 2 fully saturated rings. The van der Waals surface area contributed by atoms with Gasteiger partial charge in [-0.3, -0.25) is 4.79 Å². The van der Waals surface area contributed by atoms with Gasteiger partial charge in [-0.25, -0.2) is 4.79 Å². The summed E-state index contributed by atoms with van der Waals surface area (Å²) >= 11 is 6.82. The average molecular weight is 544 g/mol. The zero-order valence-corrected chi connectivity index (χ0v) is 23.4. The van der Waals surface area contributed by atoms with Crippen molar-refractivity contribution in [2.24, 2.45) is 17.8 Å². The fourth-order valence-electron chi connectivity index (χ4n) is 5.90. The number of ether oxygens (including phenoxy) is 1. The summed E-state index contributed by atoms with van der Waals surface area (Å²) in [6, 6.07) is 21.3. The smallest absolute Gasteiger partial charge is 0.330 e. The second-order valence-corrected chi connectivity index (χ2v) is 11.2. The Labute approximate surface area is 237 Å². The number of halogens is 1. The molecule has 0 N–H and O–H groups in total. The number of carbonyl (C=O) groups is 2. The van der Waals surface area contributed by atoms with E-state index in [-0.39, 0.29) is 11.8 Å². The topological polar surface area (TPSA) is 49.9 Å². The Bertz CT molecular complexity index is 1420. The number of hydrogen-bond acceptors (Lipinski definition) is 4. The third-order valence-electron chi connectivity index (χ3n) is 8.04. The lowest BCUT2D eigenvalue weighted by atomic mass is 9.87. The lowest BCUT2D eigenvalue weighted by Crippen LogP contribution is -2.38. The molecule has 3 aromatic rings. The van der Waals surface area contributed by atoms with E-state index in [0.29, 0.717) is 28.1 Å². The molecule has 5 rings (SSSR count). The van der Waals surface area contributed by atoms with Crippen LogP contribution in [-0.2, 0) is 20.8 Å². The van der Waals surface area contributed by atoms with E-state index >= 15 is 0 Å². The molecule has 2 aliphatic carbocycles. The Kier molecular flexibility index (Phi) is 7.69. The van der Waals surface area contributed by atoms with Crippen LogP contribution in [0.5, 0.6) is 0 Å². The van der Waals surface area contributed by atoms with Crippen molar-refractivity contribution in [2.45, 2.75) is 32.2 Å². The lowest BCUT2D eigenvalue weighted by Gasteiger charge is -2.30. The zero-order valence-electron chi connectivity index (χ0n) is 23.6. The van der Waals surface area contributed by atoms with Crippen molar-refractivity contribution in [1.29, 1.82) is 0 Å². The third-order valence-corrected chi connectivity index (χ3v) is 8.37. The predicted molar refractivity (Wildman–Crippen MR) is 159 cm³/mol. The van der Waals surface area contributed by atoms with Crippen molar-refractivity contribution >= 4 is 40.9 Å². The van der Waals surface area contributed by atoms with Gasteiger partial charge >= 0.3 is 5.97 Å². The van der Waals surface area contributed by atoms with Gasteiger partial charge in [0.1, 0.15) is 0 Å². The highest BCUT2D eigenvalue weighted by molar-refractivity contribution is 6.31. The fourth-order valence-corrected chi connectivity index (χ4v) is 6.13. The first-order valence-electron chi connectivity index (χ1n) is 14.0. The molecule has 0 aliphatic heterocycles. The number of methoxy groups -OCH3 is 1. The minimum absolute atomic E-state index is 0.0271. The van der Waals surface area contributed by atoms with Crippen LogP contribution in [0.15, 0.2) is 72.8 Å². The number of amides is 1. The molecule has 2 aliphatic rings. The van der Waals surface area contributed by atoms with E-state index in [1.807, 2.05) is 61.5 Å². The summed E-state index contributed by atoms with van der Waals surface area (Å²) in [5.74, 6) is 0.399. The standard InChI is InChI=1S/C33H35ClN2O3/c1-35(2)28-14-12-24(13-15-28)25-10-11-27(31(34)20-25)21-36(33(38)30-19-23-7-9-26(30)17-23)29-6-4-5-22(18-29)8-16-32(37)39-3/h4-6,8,10-16,18,20,23,26,30H,7,9,17,19,21H2,1-3H3/b16-8+/t23-,26+,30-/m1/s1/i21D/t21?,23-,26+,30-. The van der Waals surface area contributed by atoms with Gasteiger partial charge in [0.25, 0.3) is 0 Å². The molecule has 3 aromatic carbocycles. The fraction of sp³-hybridized carbons (Fsp3) is 0.333. The van der Waals surface area contributed by atoms with Crippen LogP contribution >= 0.6 is 11.6 Å². The highest BCUT2D eigenvalue weighted by Gasteiger charge is 2.44. The number of hydrogen-bond donors (Lipinski definition) is 0. The summed E-state index contributed by atoms with van der Waals surface area (Å²) in [6.45, 7) is -1.02. The Balaban J connectivity index is 1.48. The summed E-state index contributed by atoms with van der Waals surface area (Å²) < 4.78 is 14.0. The maximum absolute atomic E-state index is 14.1. The Hall–Kier alpha value is -3.57. The maximum Gasteiger partial charge on any atom is 0.330 e. The Morgan fingerprint density at radius 1 is 1.00 bits per heavy atom. The number of anilines is 2. The minimum Gasteiger partial charge on any atom is -0.466 e. The predicted octanol–water partition coefficient (Wildman–Crippen LogP) is 7.23. The summed E-state index contributed by atoms with van der Waals surface area (Å²) in [6.07, 6.45) is 7.23. The van der Waals surface area contributed by atoms with E-state index in [2.05, 4.69) is 24.3 Å². The minimum atomic E-state index is -1.02. The molecule has 2 saturated carbocycles. The summed E-state index contributed by atoms with van der Waals surface area (Å²) in [7, 11) is 5.34. The van der Waals surface area contributed by atoms with Gasteiger partial charge in [-0.1, -0.05) is 54.4 Å². The van der Waals surface area contributed by atoms with E-state index in [0.717, 1.165) is 41.6 Å². The van der Waals surface area contributed by atoms with Gasteiger partial charge in [-0.05, 0) is 89.8 Å². The SMILES string of the molecule is [2H]C(c1ccc(-c2ccc(N(C)C)cc2)cc1Cl)N(C(=O)[C@@H]1C[C@@H]2CC[C@H]1C2)c1cccc(/C=C/C(=O)OC)c1. The van der Waals surface area contributed by atoms with Crippen LogP contribution in [0.3, 0.4) is 0 Å². The van der Waals surface area contributed by atoms with Gasteiger partial charge in [0.15, 0.2) is 0 Å².